The molecule has 1 atom stereocenters. The first kappa shape index (κ1) is 24.3. The van der Waals surface area contributed by atoms with Crippen molar-refractivity contribution in [2.24, 2.45) is 0 Å². The zero-order chi connectivity index (χ0) is 23.8. The summed E-state index contributed by atoms with van der Waals surface area (Å²) in [5.74, 6) is -0.312. The number of ketones is 1. The molecule has 0 radical (unpaired) electrons. The van der Waals surface area contributed by atoms with Crippen molar-refractivity contribution in [1.82, 2.24) is 0 Å². The minimum absolute atomic E-state index is 0.0708. The third-order valence-electron chi connectivity index (χ3n) is 5.39. The Kier molecular flexibility index (Phi) is 8.46. The molecule has 0 amide bonds. The number of anilines is 1. The average molecular weight is 454 g/mol. The highest BCUT2D eigenvalue weighted by Crippen LogP contribution is 2.31. The van der Waals surface area contributed by atoms with Gasteiger partial charge in [0, 0.05) is 18.9 Å². The van der Waals surface area contributed by atoms with Crippen LogP contribution in [-0.4, -0.2) is 28.2 Å². The molecular weight excluding hydrogens is 426 g/mol. The monoisotopic (exact) mass is 454 g/mol. The lowest BCUT2D eigenvalue weighted by Gasteiger charge is -2.21. The molecule has 3 rings (SSSR count). The van der Waals surface area contributed by atoms with Gasteiger partial charge in [0.05, 0.1) is 11.8 Å². The van der Waals surface area contributed by atoms with Crippen LogP contribution >= 0.6 is 0 Å². The Morgan fingerprint density at radius 2 is 1.88 bits per heavy atom. The van der Waals surface area contributed by atoms with Gasteiger partial charge in [-0.3, -0.25) is 10.0 Å². The van der Waals surface area contributed by atoms with Crippen LogP contribution in [0.4, 0.5) is 5.69 Å². The zero-order valence-corrected chi connectivity index (χ0v) is 18.5. The van der Waals surface area contributed by atoms with Crippen molar-refractivity contribution in [2.45, 2.75) is 58.2 Å². The molecule has 0 bridgehead atoms. The number of cyclic esters (lactones) is 1. The van der Waals surface area contributed by atoms with Crippen molar-refractivity contribution < 1.29 is 29.4 Å². The summed E-state index contributed by atoms with van der Waals surface area (Å²) in [5.41, 5.74) is 1.38. The lowest BCUT2D eigenvalue weighted by atomic mass is 10.0. The van der Waals surface area contributed by atoms with E-state index in [4.69, 9.17) is 14.7 Å². The number of hydrogen-bond acceptors (Lipinski definition) is 8. The summed E-state index contributed by atoms with van der Waals surface area (Å²) in [4.78, 5) is 24.7. The van der Waals surface area contributed by atoms with Crippen LogP contribution in [0.1, 0.15) is 66.9 Å². The van der Waals surface area contributed by atoms with Gasteiger partial charge in [-0.2, -0.15) is 0 Å². The molecule has 0 fully saturated rings. The van der Waals surface area contributed by atoms with Crippen LogP contribution in [-0.2, 0) is 16.1 Å². The SMILES string of the molecule is CC1CCCC(=O)CCCC=Cc2cc(OCc3ccc(N([O-])O)cc3)cc(O)c2C(=O)O1. The van der Waals surface area contributed by atoms with Crippen LogP contribution in [0.5, 0.6) is 11.5 Å². The number of aromatic hydroxyl groups is 1. The Morgan fingerprint density at radius 1 is 1.15 bits per heavy atom. The number of hydrogen-bond donors (Lipinski definition) is 2. The number of Topliss-reactive ketones (excluding diaryl/α,β-unsaturated/α-hetero) is 1. The van der Waals surface area contributed by atoms with Crippen LogP contribution in [0.25, 0.3) is 6.08 Å². The van der Waals surface area contributed by atoms with E-state index in [2.05, 4.69) is 0 Å². The van der Waals surface area contributed by atoms with Gasteiger partial charge < -0.3 is 25.0 Å². The van der Waals surface area contributed by atoms with Crippen molar-refractivity contribution in [3.05, 3.63) is 64.4 Å². The van der Waals surface area contributed by atoms with Gasteiger partial charge in [0.1, 0.15) is 29.5 Å². The molecule has 1 unspecified atom stereocenters. The second-order valence-corrected chi connectivity index (χ2v) is 8.08. The average Bonchev–Trinajstić information content (AvgIpc) is 2.76. The van der Waals surface area contributed by atoms with Gasteiger partial charge in [0.25, 0.3) is 0 Å². The first-order valence-corrected chi connectivity index (χ1v) is 11.0. The van der Waals surface area contributed by atoms with Gasteiger partial charge >= 0.3 is 5.97 Å². The third-order valence-corrected chi connectivity index (χ3v) is 5.39. The van der Waals surface area contributed by atoms with E-state index in [1.807, 2.05) is 6.08 Å². The van der Waals surface area contributed by atoms with Crippen LogP contribution in [0.3, 0.4) is 0 Å². The number of rotatable bonds is 4. The zero-order valence-electron chi connectivity index (χ0n) is 18.5. The molecule has 8 nitrogen and oxygen atoms in total. The maximum absolute atomic E-state index is 12.8. The van der Waals surface area contributed by atoms with Crippen LogP contribution in [0.2, 0.25) is 0 Å². The van der Waals surface area contributed by atoms with Gasteiger partial charge in [-0.05, 0) is 61.9 Å². The number of fused-ring (bicyclic) bond motifs is 1. The van der Waals surface area contributed by atoms with Gasteiger partial charge in [0.2, 0.25) is 0 Å². The fourth-order valence-corrected chi connectivity index (χ4v) is 3.59. The topological polar surface area (TPSA) is 119 Å². The van der Waals surface area contributed by atoms with Gasteiger partial charge in [-0.15, -0.1) is 0 Å². The van der Waals surface area contributed by atoms with E-state index in [9.17, 15) is 19.9 Å². The Morgan fingerprint density at radius 3 is 2.61 bits per heavy atom. The molecule has 0 aliphatic carbocycles. The molecule has 0 spiro atoms. The van der Waals surface area contributed by atoms with E-state index < -0.39 is 5.97 Å². The molecular formula is C25H28NO7-. The summed E-state index contributed by atoms with van der Waals surface area (Å²) in [6.45, 7) is 1.92. The molecule has 2 aromatic carbocycles. The summed E-state index contributed by atoms with van der Waals surface area (Å²) in [6.07, 6.45) is 6.80. The number of allylic oxidation sites excluding steroid dienone is 1. The second kappa shape index (κ2) is 11.5. The molecule has 1 aliphatic rings. The molecule has 8 heteroatoms. The summed E-state index contributed by atoms with van der Waals surface area (Å²) in [5, 5.41) is 30.2. The number of phenolic OH excluding ortho intramolecular Hbond substituents is 1. The number of ether oxygens (including phenoxy) is 2. The van der Waals surface area contributed by atoms with Gasteiger partial charge in [-0.25, -0.2) is 4.79 Å². The fraction of sp³-hybridized carbons (Fsp3) is 0.360. The minimum Gasteiger partial charge on any atom is -0.733 e. The maximum atomic E-state index is 12.8. The maximum Gasteiger partial charge on any atom is 0.342 e. The number of esters is 1. The van der Waals surface area contributed by atoms with E-state index in [0.29, 0.717) is 43.4 Å². The smallest absolute Gasteiger partial charge is 0.342 e. The largest absolute Gasteiger partial charge is 0.733 e. The summed E-state index contributed by atoms with van der Waals surface area (Å²) < 4.78 is 11.3. The highest BCUT2D eigenvalue weighted by molar-refractivity contribution is 5.97. The Balaban J connectivity index is 1.81. The molecule has 0 saturated heterocycles. The Hall–Kier alpha value is -3.36. The van der Waals surface area contributed by atoms with E-state index in [1.54, 1.807) is 31.2 Å². The molecule has 176 valence electrons. The Labute approximate surface area is 192 Å². The number of nitrogens with zero attached hydrogens (tertiary/aromatic N) is 1. The standard InChI is InChI=1S/C25H28NO7/c1-17-6-5-9-21(27)8-4-2-3-7-19-14-22(15-23(28)24(19)25(29)33-17)32-16-18-10-12-20(13-11-18)26(30)31/h3,7,10-15,17,28,30H,2,4-6,8-9,16H2,1H3/q-1. The van der Waals surface area contributed by atoms with Crippen molar-refractivity contribution in [3.63, 3.8) is 0 Å². The van der Waals surface area contributed by atoms with E-state index in [0.717, 1.165) is 12.0 Å². The van der Waals surface area contributed by atoms with Crippen LogP contribution < -0.4 is 9.96 Å². The second-order valence-electron chi connectivity index (χ2n) is 8.08. The van der Waals surface area contributed by atoms with Crippen molar-refractivity contribution in [2.75, 3.05) is 5.23 Å². The summed E-state index contributed by atoms with van der Waals surface area (Å²) in [6, 6.07) is 9.19. The highest BCUT2D eigenvalue weighted by atomic mass is 16.8. The lowest BCUT2D eigenvalue weighted by Crippen LogP contribution is -2.17. The molecule has 1 heterocycles. The van der Waals surface area contributed by atoms with E-state index in [-0.39, 0.29) is 40.7 Å². The van der Waals surface area contributed by atoms with E-state index >= 15 is 0 Å². The molecule has 2 N–H and O–H groups in total. The number of benzene rings is 2. The normalized spacial score (nSPS) is 17.6. The summed E-state index contributed by atoms with van der Waals surface area (Å²) >= 11 is 0. The summed E-state index contributed by atoms with van der Waals surface area (Å²) in [7, 11) is 0. The van der Waals surface area contributed by atoms with Gasteiger partial charge in [-0.1, -0.05) is 24.3 Å². The van der Waals surface area contributed by atoms with Crippen molar-refractivity contribution >= 4 is 23.5 Å². The predicted molar refractivity (Wildman–Crippen MR) is 123 cm³/mol. The molecule has 0 aromatic heterocycles. The number of carbonyl (C=O) groups is 2. The van der Waals surface area contributed by atoms with E-state index in [1.165, 1.54) is 18.2 Å². The lowest BCUT2D eigenvalue weighted by molar-refractivity contribution is -0.119. The Bertz CT molecular complexity index is 999. The van der Waals surface area contributed by atoms with Crippen LogP contribution in [0.15, 0.2) is 42.5 Å². The predicted octanol–water partition coefficient (Wildman–Crippen LogP) is 5.15. The first-order valence-electron chi connectivity index (χ1n) is 11.0. The first-order chi connectivity index (χ1) is 15.8. The highest BCUT2D eigenvalue weighted by Gasteiger charge is 2.21. The minimum atomic E-state index is -0.628. The number of carbonyl (C=O) groups excluding carboxylic acids is 2. The van der Waals surface area contributed by atoms with Crippen molar-refractivity contribution in [3.8, 4) is 11.5 Å². The fourth-order valence-electron chi connectivity index (χ4n) is 3.59. The third kappa shape index (κ3) is 7.06. The molecule has 1 aliphatic heterocycles. The molecule has 33 heavy (non-hydrogen) atoms. The quantitative estimate of drug-likeness (QED) is 0.481. The number of phenols is 1. The van der Waals surface area contributed by atoms with Crippen LogP contribution in [0, 0.1) is 5.21 Å². The molecule has 2 aromatic rings. The van der Waals surface area contributed by atoms with Gasteiger partial charge in [0.15, 0.2) is 0 Å². The van der Waals surface area contributed by atoms with Crippen molar-refractivity contribution in [1.29, 1.82) is 0 Å². The molecule has 0 saturated carbocycles.